The SMILES string of the molecule is COC(=O)C1=[N+]([O-])O[C@H](C(=O)OC)[C@H]1CC(C)=O. The van der Waals surface area contributed by atoms with E-state index in [1.54, 1.807) is 0 Å². The molecule has 0 spiro atoms. The standard InChI is InChI=1S/C10H13NO7/c1-5(12)4-6-7(9(13)16-2)11(15)18-8(6)10(14)17-3/h6,8H,4H2,1-3H3/t6-,8-/m0/s1. The number of rotatable bonds is 4. The molecule has 1 aliphatic heterocycles. The molecule has 0 unspecified atom stereocenters. The van der Waals surface area contributed by atoms with Crippen molar-refractivity contribution in [3.63, 3.8) is 0 Å². The zero-order valence-corrected chi connectivity index (χ0v) is 10.2. The molecule has 0 amide bonds. The summed E-state index contributed by atoms with van der Waals surface area (Å²) >= 11 is 0. The normalized spacial score (nSPS) is 22.4. The van der Waals surface area contributed by atoms with E-state index in [4.69, 9.17) is 0 Å². The number of nitrogens with zero attached hydrogens (tertiary/aromatic N) is 1. The molecule has 1 aliphatic rings. The molecule has 8 heteroatoms. The molecule has 0 aromatic rings. The molecule has 0 fully saturated rings. The number of carbonyl (C=O) groups is 3. The van der Waals surface area contributed by atoms with Crippen LogP contribution in [0.5, 0.6) is 0 Å². The lowest BCUT2D eigenvalue weighted by atomic mass is 9.92. The Kier molecular flexibility index (Phi) is 4.24. The summed E-state index contributed by atoms with van der Waals surface area (Å²) in [7, 11) is 2.20. The number of carbonyl (C=O) groups excluding carboxylic acids is 3. The molecule has 0 N–H and O–H groups in total. The Balaban J connectivity index is 3.06. The zero-order chi connectivity index (χ0) is 13.9. The van der Waals surface area contributed by atoms with Gasteiger partial charge in [0.2, 0.25) is 0 Å². The topological polar surface area (TPSA) is 105 Å². The fourth-order valence-electron chi connectivity index (χ4n) is 1.68. The first kappa shape index (κ1) is 13.9. The van der Waals surface area contributed by atoms with Crippen LogP contribution in [-0.4, -0.2) is 48.7 Å². The Bertz CT molecular complexity index is 414. The molecule has 0 aromatic carbocycles. The molecule has 0 saturated heterocycles. The lowest BCUT2D eigenvalue weighted by Gasteiger charge is -2.14. The lowest BCUT2D eigenvalue weighted by Crippen LogP contribution is -2.36. The first-order chi connectivity index (χ1) is 8.42. The van der Waals surface area contributed by atoms with Crippen LogP contribution in [-0.2, 0) is 28.7 Å². The molecule has 1 rings (SSSR count). The summed E-state index contributed by atoms with van der Waals surface area (Å²) in [5.74, 6) is -3.07. The van der Waals surface area contributed by atoms with E-state index < -0.39 is 29.7 Å². The number of esters is 2. The smallest absolute Gasteiger partial charge is 0.405 e. The number of ketones is 1. The summed E-state index contributed by atoms with van der Waals surface area (Å²) < 4.78 is 8.87. The highest BCUT2D eigenvalue weighted by Gasteiger charge is 2.49. The first-order valence-electron chi connectivity index (χ1n) is 5.08. The van der Waals surface area contributed by atoms with Crippen molar-refractivity contribution >= 4 is 23.4 Å². The van der Waals surface area contributed by atoms with Crippen LogP contribution < -0.4 is 0 Å². The van der Waals surface area contributed by atoms with Crippen molar-refractivity contribution in [1.29, 1.82) is 0 Å². The van der Waals surface area contributed by atoms with Gasteiger partial charge in [0.1, 0.15) is 5.78 Å². The second-order valence-corrected chi connectivity index (χ2v) is 3.70. The van der Waals surface area contributed by atoms with Crippen molar-refractivity contribution in [2.45, 2.75) is 19.4 Å². The van der Waals surface area contributed by atoms with Gasteiger partial charge in [-0.15, -0.1) is 0 Å². The fourth-order valence-corrected chi connectivity index (χ4v) is 1.68. The Labute approximate surface area is 103 Å². The van der Waals surface area contributed by atoms with Crippen molar-refractivity contribution in [2.24, 2.45) is 5.92 Å². The summed E-state index contributed by atoms with van der Waals surface area (Å²) in [6.45, 7) is 1.27. The first-order valence-corrected chi connectivity index (χ1v) is 5.08. The van der Waals surface area contributed by atoms with Gasteiger partial charge in [0.05, 0.1) is 25.0 Å². The maximum absolute atomic E-state index is 11.4. The van der Waals surface area contributed by atoms with E-state index in [0.29, 0.717) is 0 Å². The Morgan fingerprint density at radius 1 is 1.33 bits per heavy atom. The van der Waals surface area contributed by atoms with Crippen molar-refractivity contribution in [2.75, 3.05) is 14.2 Å². The van der Waals surface area contributed by atoms with Gasteiger partial charge >= 0.3 is 17.7 Å². The van der Waals surface area contributed by atoms with Gasteiger partial charge in [-0.1, -0.05) is 0 Å². The van der Waals surface area contributed by atoms with Crippen LogP contribution >= 0.6 is 0 Å². The van der Waals surface area contributed by atoms with Gasteiger partial charge in [0, 0.05) is 6.42 Å². The van der Waals surface area contributed by atoms with Crippen LogP contribution in [0.15, 0.2) is 0 Å². The second kappa shape index (κ2) is 5.48. The third kappa shape index (κ3) is 2.58. The molecule has 18 heavy (non-hydrogen) atoms. The highest BCUT2D eigenvalue weighted by molar-refractivity contribution is 6.36. The van der Waals surface area contributed by atoms with E-state index in [1.807, 2.05) is 0 Å². The number of methoxy groups -OCH3 is 2. The number of Topliss-reactive ketones (excluding diaryl/α,β-unsaturated/α-hetero) is 1. The van der Waals surface area contributed by atoms with E-state index in [9.17, 15) is 19.6 Å². The number of hydrogen-bond donors (Lipinski definition) is 0. The molecule has 8 nitrogen and oxygen atoms in total. The van der Waals surface area contributed by atoms with E-state index in [-0.39, 0.29) is 17.1 Å². The van der Waals surface area contributed by atoms with Crippen molar-refractivity contribution in [3.05, 3.63) is 5.21 Å². The molecule has 0 aliphatic carbocycles. The minimum Gasteiger partial charge on any atom is -0.468 e. The Morgan fingerprint density at radius 2 is 1.94 bits per heavy atom. The molecule has 0 aromatic heterocycles. The van der Waals surface area contributed by atoms with Crippen LogP contribution in [0.1, 0.15) is 13.3 Å². The molecule has 1 heterocycles. The molecule has 0 saturated carbocycles. The minimum atomic E-state index is -1.31. The van der Waals surface area contributed by atoms with E-state index in [1.165, 1.54) is 6.92 Å². The van der Waals surface area contributed by atoms with Gasteiger partial charge in [-0.2, -0.15) is 0 Å². The summed E-state index contributed by atoms with van der Waals surface area (Å²) in [4.78, 5) is 38.6. The summed E-state index contributed by atoms with van der Waals surface area (Å²) in [6.07, 6.45) is -1.51. The minimum absolute atomic E-state index is 0.0962. The van der Waals surface area contributed by atoms with Crippen LogP contribution in [0.2, 0.25) is 0 Å². The third-order valence-corrected chi connectivity index (χ3v) is 2.46. The summed E-state index contributed by atoms with van der Waals surface area (Å²) in [6, 6.07) is 0. The molecule has 0 bridgehead atoms. The zero-order valence-electron chi connectivity index (χ0n) is 10.2. The maximum Gasteiger partial charge on any atom is 0.405 e. The second-order valence-electron chi connectivity index (χ2n) is 3.70. The fraction of sp³-hybridized carbons (Fsp3) is 0.600. The van der Waals surface area contributed by atoms with Crippen molar-refractivity contribution in [1.82, 2.24) is 0 Å². The van der Waals surface area contributed by atoms with E-state index in [2.05, 4.69) is 14.3 Å². The number of hydrogen-bond acceptors (Lipinski definition) is 7. The van der Waals surface area contributed by atoms with Gasteiger partial charge in [-0.05, 0) is 6.92 Å². The van der Waals surface area contributed by atoms with Gasteiger partial charge in [0.15, 0.2) is 6.10 Å². The molecule has 100 valence electrons. The van der Waals surface area contributed by atoms with Crippen LogP contribution in [0, 0.1) is 11.1 Å². The highest BCUT2D eigenvalue weighted by atomic mass is 16.9. The van der Waals surface area contributed by atoms with Crippen LogP contribution in [0.25, 0.3) is 0 Å². The number of ether oxygens (including phenoxy) is 2. The lowest BCUT2D eigenvalue weighted by molar-refractivity contribution is -0.737. The monoisotopic (exact) mass is 259 g/mol. The average Bonchev–Trinajstić information content (AvgIpc) is 2.63. The van der Waals surface area contributed by atoms with Gasteiger partial charge in [0.25, 0.3) is 0 Å². The highest BCUT2D eigenvalue weighted by Crippen LogP contribution is 2.23. The average molecular weight is 259 g/mol. The predicted molar refractivity (Wildman–Crippen MR) is 56.3 cm³/mol. The van der Waals surface area contributed by atoms with Crippen LogP contribution in [0.4, 0.5) is 0 Å². The Morgan fingerprint density at radius 3 is 2.39 bits per heavy atom. The molecule has 0 radical (unpaired) electrons. The van der Waals surface area contributed by atoms with Gasteiger partial charge < -0.3 is 19.1 Å². The summed E-state index contributed by atoms with van der Waals surface area (Å²) in [5.41, 5.74) is -0.414. The van der Waals surface area contributed by atoms with E-state index in [0.717, 1.165) is 14.2 Å². The molecular formula is C10H13NO7. The largest absolute Gasteiger partial charge is 0.468 e. The van der Waals surface area contributed by atoms with E-state index >= 15 is 0 Å². The van der Waals surface area contributed by atoms with Crippen molar-refractivity contribution in [3.8, 4) is 0 Å². The predicted octanol–water partition coefficient (Wildman–Crippen LogP) is -0.807. The summed E-state index contributed by atoms with van der Waals surface area (Å²) in [5, 5.41) is 11.4. The van der Waals surface area contributed by atoms with Gasteiger partial charge in [-0.25, -0.2) is 4.79 Å². The van der Waals surface area contributed by atoms with Crippen molar-refractivity contribution < 1.29 is 33.6 Å². The molecular weight excluding hydrogens is 246 g/mol. The third-order valence-electron chi connectivity index (χ3n) is 2.46. The Hall–Kier alpha value is -2.12. The quantitative estimate of drug-likeness (QED) is 0.480. The van der Waals surface area contributed by atoms with Gasteiger partial charge in [-0.3, -0.25) is 10.0 Å². The van der Waals surface area contributed by atoms with Crippen LogP contribution in [0.3, 0.4) is 0 Å². The molecule has 2 atom stereocenters. The maximum atomic E-state index is 11.4.